The predicted molar refractivity (Wildman–Crippen MR) is 90.0 cm³/mol. The van der Waals surface area contributed by atoms with Crippen molar-refractivity contribution in [2.45, 2.75) is 47.1 Å². The average molecular weight is 339 g/mol. The normalized spacial score (nSPS) is 11.4. The van der Waals surface area contributed by atoms with Crippen LogP contribution < -0.4 is 17.0 Å². The summed E-state index contributed by atoms with van der Waals surface area (Å²) in [5.41, 5.74) is 3.87. The Balaban J connectivity index is 3.10. The molecule has 0 unspecified atom stereocenters. The third kappa shape index (κ3) is 4.56. The summed E-state index contributed by atoms with van der Waals surface area (Å²) in [4.78, 5) is 48.2. The third-order valence-electron chi connectivity index (χ3n) is 3.35. The number of nitrogens with two attached hydrogens (primary N) is 1. The van der Waals surface area contributed by atoms with Gasteiger partial charge in [0.1, 0.15) is 11.4 Å². The zero-order valence-corrected chi connectivity index (χ0v) is 14.8. The van der Waals surface area contributed by atoms with Gasteiger partial charge in [0.2, 0.25) is 5.78 Å². The molecule has 0 aromatic carbocycles. The Hall–Kier alpha value is -2.38. The molecule has 0 fully saturated rings. The van der Waals surface area contributed by atoms with Gasteiger partial charge in [-0.1, -0.05) is 27.7 Å². The average Bonchev–Trinajstić information content (AvgIpc) is 2.46. The van der Waals surface area contributed by atoms with Gasteiger partial charge in [0, 0.05) is 13.6 Å². The van der Waals surface area contributed by atoms with Gasteiger partial charge >= 0.3 is 11.7 Å². The first kappa shape index (κ1) is 19.7. The maximum Gasteiger partial charge on any atom is 0.332 e. The van der Waals surface area contributed by atoms with E-state index in [1.54, 1.807) is 0 Å². The van der Waals surface area contributed by atoms with Gasteiger partial charge in [0.25, 0.3) is 5.56 Å². The van der Waals surface area contributed by atoms with Crippen LogP contribution in [0.25, 0.3) is 0 Å². The van der Waals surface area contributed by atoms with Gasteiger partial charge in [0.05, 0.1) is 6.42 Å². The van der Waals surface area contributed by atoms with Crippen molar-refractivity contribution in [2.75, 3.05) is 12.3 Å². The van der Waals surface area contributed by atoms with Crippen molar-refractivity contribution in [3.05, 3.63) is 26.4 Å². The predicted octanol–water partition coefficient (Wildman–Crippen LogP) is 0.701. The Morgan fingerprint density at radius 2 is 1.79 bits per heavy atom. The number of esters is 1. The molecular formula is C16H25N3O5. The molecule has 0 aliphatic rings. The lowest BCUT2D eigenvalue weighted by Crippen LogP contribution is -2.43. The highest BCUT2D eigenvalue weighted by molar-refractivity contribution is 6.01. The van der Waals surface area contributed by atoms with Crippen molar-refractivity contribution in [2.24, 2.45) is 12.5 Å². The third-order valence-corrected chi connectivity index (χ3v) is 3.35. The minimum atomic E-state index is -0.790. The van der Waals surface area contributed by atoms with E-state index in [0.29, 0.717) is 6.42 Å². The van der Waals surface area contributed by atoms with Crippen molar-refractivity contribution in [3.63, 3.8) is 0 Å². The number of hydrogen-bond donors (Lipinski definition) is 1. The van der Waals surface area contributed by atoms with E-state index in [4.69, 9.17) is 10.5 Å². The van der Waals surface area contributed by atoms with E-state index in [0.717, 1.165) is 4.57 Å². The van der Waals surface area contributed by atoms with E-state index >= 15 is 0 Å². The quantitative estimate of drug-likeness (QED) is 0.603. The molecule has 0 aliphatic carbocycles. The van der Waals surface area contributed by atoms with E-state index in [2.05, 4.69) is 0 Å². The van der Waals surface area contributed by atoms with Crippen LogP contribution in [-0.4, -0.2) is 27.5 Å². The summed E-state index contributed by atoms with van der Waals surface area (Å²) in [6.45, 7) is 7.13. The molecule has 1 aromatic rings. The summed E-state index contributed by atoms with van der Waals surface area (Å²) in [7, 11) is 1.28. The first-order valence-electron chi connectivity index (χ1n) is 7.77. The van der Waals surface area contributed by atoms with E-state index in [-0.39, 0.29) is 29.8 Å². The molecule has 24 heavy (non-hydrogen) atoms. The van der Waals surface area contributed by atoms with Gasteiger partial charge in [-0.2, -0.15) is 0 Å². The standard InChI is InChI=1S/C16H25N3O5/c1-6-7-19-13(17)12(14(22)18(5)15(19)23)10(20)9-24-11(21)8-16(2,3)4/h6-9,17H2,1-5H3. The molecule has 0 spiro atoms. The molecule has 0 bridgehead atoms. The fourth-order valence-corrected chi connectivity index (χ4v) is 2.19. The van der Waals surface area contributed by atoms with Crippen LogP contribution in [-0.2, 0) is 23.1 Å². The summed E-state index contributed by atoms with van der Waals surface area (Å²) in [6.07, 6.45) is 0.750. The Bertz CT molecular complexity index is 753. The van der Waals surface area contributed by atoms with Crippen LogP contribution in [0.15, 0.2) is 9.59 Å². The van der Waals surface area contributed by atoms with Gasteiger partial charge < -0.3 is 10.5 Å². The van der Waals surface area contributed by atoms with Gasteiger partial charge in [-0.15, -0.1) is 0 Å². The highest BCUT2D eigenvalue weighted by atomic mass is 16.5. The fourth-order valence-electron chi connectivity index (χ4n) is 2.19. The number of Topliss-reactive ketones (excluding diaryl/α,β-unsaturated/α-hetero) is 1. The lowest BCUT2D eigenvalue weighted by molar-refractivity contribution is -0.144. The molecule has 2 N–H and O–H groups in total. The molecule has 8 heteroatoms. The van der Waals surface area contributed by atoms with E-state index in [1.807, 2.05) is 27.7 Å². The number of carbonyl (C=O) groups excluding carboxylic acids is 2. The number of nitrogens with zero attached hydrogens (tertiary/aromatic N) is 2. The summed E-state index contributed by atoms with van der Waals surface area (Å²) in [6, 6.07) is 0. The number of ether oxygens (including phenoxy) is 1. The molecular weight excluding hydrogens is 314 g/mol. The number of rotatable bonds is 6. The van der Waals surface area contributed by atoms with Gasteiger partial charge in [-0.25, -0.2) is 4.79 Å². The Morgan fingerprint density at radius 1 is 1.21 bits per heavy atom. The first-order chi connectivity index (χ1) is 11.0. The molecule has 1 rings (SSSR count). The van der Waals surface area contributed by atoms with Crippen molar-refractivity contribution < 1.29 is 14.3 Å². The number of carbonyl (C=O) groups is 2. The number of ketones is 1. The molecule has 8 nitrogen and oxygen atoms in total. The maximum absolute atomic E-state index is 12.3. The fraction of sp³-hybridized carbons (Fsp3) is 0.625. The molecule has 0 saturated heterocycles. The second-order valence-corrected chi connectivity index (χ2v) is 6.88. The number of hydrogen-bond acceptors (Lipinski definition) is 6. The molecule has 0 saturated carbocycles. The van der Waals surface area contributed by atoms with E-state index in [1.165, 1.54) is 11.6 Å². The van der Waals surface area contributed by atoms with Crippen LogP contribution in [0, 0.1) is 5.41 Å². The lowest BCUT2D eigenvalue weighted by atomic mass is 9.92. The molecule has 0 amide bonds. The molecule has 134 valence electrons. The molecule has 1 heterocycles. The van der Waals surface area contributed by atoms with Crippen LogP contribution in [0.3, 0.4) is 0 Å². The molecule has 0 aliphatic heterocycles. The molecule has 0 atom stereocenters. The Kier molecular flexibility index (Phi) is 6.11. The smallest absolute Gasteiger partial charge is 0.332 e. The highest BCUT2D eigenvalue weighted by Crippen LogP contribution is 2.19. The van der Waals surface area contributed by atoms with Crippen molar-refractivity contribution in [1.29, 1.82) is 0 Å². The zero-order valence-electron chi connectivity index (χ0n) is 14.8. The van der Waals surface area contributed by atoms with E-state index in [9.17, 15) is 19.2 Å². The monoisotopic (exact) mass is 339 g/mol. The summed E-state index contributed by atoms with van der Waals surface area (Å²) < 4.78 is 6.94. The van der Waals surface area contributed by atoms with E-state index < -0.39 is 29.6 Å². The Morgan fingerprint density at radius 3 is 2.29 bits per heavy atom. The Labute approximate surface area is 140 Å². The van der Waals surface area contributed by atoms with Crippen LogP contribution in [0.2, 0.25) is 0 Å². The van der Waals surface area contributed by atoms with Crippen LogP contribution in [0.5, 0.6) is 0 Å². The number of aromatic nitrogens is 2. The summed E-state index contributed by atoms with van der Waals surface area (Å²) in [5.74, 6) is -1.45. The maximum atomic E-state index is 12.3. The summed E-state index contributed by atoms with van der Waals surface area (Å²) >= 11 is 0. The van der Waals surface area contributed by atoms with Crippen molar-refractivity contribution >= 4 is 17.6 Å². The minimum Gasteiger partial charge on any atom is -0.457 e. The molecule has 1 aromatic heterocycles. The minimum absolute atomic E-state index is 0.142. The second-order valence-electron chi connectivity index (χ2n) is 6.88. The highest BCUT2D eigenvalue weighted by Gasteiger charge is 2.23. The topological polar surface area (TPSA) is 113 Å². The lowest BCUT2D eigenvalue weighted by Gasteiger charge is -2.17. The van der Waals surface area contributed by atoms with Gasteiger partial charge in [-0.3, -0.25) is 23.5 Å². The van der Waals surface area contributed by atoms with Crippen LogP contribution in [0.4, 0.5) is 5.82 Å². The van der Waals surface area contributed by atoms with Crippen LogP contribution in [0.1, 0.15) is 50.9 Å². The SMILES string of the molecule is CCCn1c(N)c(C(=O)COC(=O)CC(C)(C)C)c(=O)n(C)c1=O. The first-order valence-corrected chi connectivity index (χ1v) is 7.77. The van der Waals surface area contributed by atoms with Crippen molar-refractivity contribution in [1.82, 2.24) is 9.13 Å². The number of nitrogen functional groups attached to an aromatic ring is 1. The number of anilines is 1. The molecule has 0 radical (unpaired) electrons. The zero-order chi connectivity index (χ0) is 18.7. The second kappa shape index (κ2) is 7.46. The van der Waals surface area contributed by atoms with Crippen molar-refractivity contribution in [3.8, 4) is 0 Å². The van der Waals surface area contributed by atoms with Gasteiger partial charge in [0.15, 0.2) is 6.61 Å². The summed E-state index contributed by atoms with van der Waals surface area (Å²) in [5, 5.41) is 0. The van der Waals surface area contributed by atoms with Gasteiger partial charge in [-0.05, 0) is 11.8 Å². The largest absolute Gasteiger partial charge is 0.457 e. The van der Waals surface area contributed by atoms with Crippen LogP contribution >= 0.6 is 0 Å².